The molecule has 84 valence electrons. The molecule has 0 aromatic carbocycles. The van der Waals surface area contributed by atoms with Gasteiger partial charge in [0, 0.05) is 11.3 Å². The van der Waals surface area contributed by atoms with Crippen molar-refractivity contribution in [3.05, 3.63) is 16.1 Å². The van der Waals surface area contributed by atoms with Crippen LogP contribution in [0.1, 0.15) is 35.9 Å². The fraction of sp³-hybridized carbons (Fsp3) is 0.667. The van der Waals surface area contributed by atoms with Crippen LogP contribution in [0.3, 0.4) is 0 Å². The van der Waals surface area contributed by atoms with Gasteiger partial charge in [0.05, 0.1) is 11.1 Å². The summed E-state index contributed by atoms with van der Waals surface area (Å²) in [5, 5.41) is 11.0. The number of aliphatic hydroxyl groups is 1. The van der Waals surface area contributed by atoms with Gasteiger partial charge >= 0.3 is 6.18 Å². The summed E-state index contributed by atoms with van der Waals surface area (Å²) in [5.74, 6) is -0.203. The first kappa shape index (κ1) is 10.9. The average Bonchev–Trinajstić information content (AvgIpc) is 2.69. The molecule has 1 aliphatic rings. The van der Waals surface area contributed by atoms with Gasteiger partial charge < -0.3 is 5.11 Å². The number of thiazole rings is 1. The number of hydrogen-bond donors (Lipinski definition) is 1. The topological polar surface area (TPSA) is 33.1 Å². The zero-order valence-electron chi connectivity index (χ0n) is 7.79. The van der Waals surface area contributed by atoms with Gasteiger partial charge in [-0.2, -0.15) is 13.2 Å². The Hall–Kier alpha value is -0.620. The van der Waals surface area contributed by atoms with Gasteiger partial charge in [0.1, 0.15) is 0 Å². The summed E-state index contributed by atoms with van der Waals surface area (Å²) >= 11 is 0.986. The predicted molar refractivity (Wildman–Crippen MR) is 49.7 cm³/mol. The van der Waals surface area contributed by atoms with Crippen molar-refractivity contribution in [2.45, 2.75) is 37.5 Å². The summed E-state index contributed by atoms with van der Waals surface area (Å²) in [6.07, 6.45) is -2.67. The lowest BCUT2D eigenvalue weighted by molar-refractivity contribution is -0.140. The molecule has 0 spiro atoms. The summed E-state index contributed by atoms with van der Waals surface area (Å²) in [6, 6.07) is 0. The standard InChI is InChI=1S/C9H10F3NOS/c10-9(11,12)7-4-15-8(13-7)5-2-1-3-6(5)14/h4-6,14H,1-3H2. The molecule has 2 rings (SSSR count). The van der Waals surface area contributed by atoms with Gasteiger partial charge in [-0.25, -0.2) is 4.98 Å². The third-order valence-corrected chi connectivity index (χ3v) is 3.59. The molecule has 0 aliphatic heterocycles. The van der Waals surface area contributed by atoms with E-state index in [1.807, 2.05) is 0 Å². The van der Waals surface area contributed by atoms with Crippen LogP contribution in [0.15, 0.2) is 5.38 Å². The Bertz CT molecular complexity index is 349. The minimum atomic E-state index is -4.38. The SMILES string of the molecule is OC1CCCC1c1nc(C(F)(F)F)cs1. The number of aliphatic hydroxyl groups excluding tert-OH is 1. The molecule has 0 radical (unpaired) electrons. The number of hydrogen-bond acceptors (Lipinski definition) is 3. The normalized spacial score (nSPS) is 27.2. The highest BCUT2D eigenvalue weighted by molar-refractivity contribution is 7.09. The Morgan fingerprint density at radius 1 is 1.40 bits per heavy atom. The molecular formula is C9H10F3NOS. The summed E-state index contributed by atoms with van der Waals surface area (Å²) in [6.45, 7) is 0. The first-order valence-electron chi connectivity index (χ1n) is 4.69. The maximum atomic E-state index is 12.3. The van der Waals surface area contributed by atoms with Crippen molar-refractivity contribution in [1.82, 2.24) is 4.98 Å². The summed E-state index contributed by atoms with van der Waals surface area (Å²) < 4.78 is 36.8. The second-order valence-electron chi connectivity index (χ2n) is 3.67. The zero-order valence-corrected chi connectivity index (χ0v) is 8.61. The van der Waals surface area contributed by atoms with Crippen molar-refractivity contribution in [3.63, 3.8) is 0 Å². The van der Waals surface area contributed by atoms with Crippen molar-refractivity contribution in [3.8, 4) is 0 Å². The molecule has 1 aromatic heterocycles. The lowest BCUT2D eigenvalue weighted by atomic mass is 10.1. The van der Waals surface area contributed by atoms with Crippen molar-refractivity contribution >= 4 is 11.3 Å². The van der Waals surface area contributed by atoms with Crippen molar-refractivity contribution in [2.24, 2.45) is 0 Å². The lowest BCUT2D eigenvalue weighted by Gasteiger charge is -2.10. The van der Waals surface area contributed by atoms with Crippen LogP contribution < -0.4 is 0 Å². The van der Waals surface area contributed by atoms with Crippen LogP contribution in [-0.2, 0) is 6.18 Å². The Morgan fingerprint density at radius 2 is 2.13 bits per heavy atom. The minimum Gasteiger partial charge on any atom is -0.392 e. The minimum absolute atomic E-state index is 0.203. The Morgan fingerprint density at radius 3 is 2.60 bits per heavy atom. The molecule has 0 amide bonds. The molecule has 1 heterocycles. The number of aromatic nitrogens is 1. The molecule has 1 fully saturated rings. The predicted octanol–water partition coefficient (Wildman–Crippen LogP) is 2.79. The highest BCUT2D eigenvalue weighted by Crippen LogP contribution is 2.38. The van der Waals surface area contributed by atoms with Crippen LogP contribution in [-0.4, -0.2) is 16.2 Å². The molecule has 1 aromatic rings. The molecule has 0 bridgehead atoms. The van der Waals surface area contributed by atoms with Crippen molar-refractivity contribution in [1.29, 1.82) is 0 Å². The van der Waals surface area contributed by atoms with Gasteiger partial charge in [-0.3, -0.25) is 0 Å². The van der Waals surface area contributed by atoms with Gasteiger partial charge in [-0.15, -0.1) is 11.3 Å². The van der Waals surface area contributed by atoms with E-state index in [0.29, 0.717) is 11.4 Å². The molecule has 6 heteroatoms. The molecule has 0 saturated heterocycles. The number of alkyl halides is 3. The molecular weight excluding hydrogens is 227 g/mol. The zero-order chi connectivity index (χ0) is 11.1. The van der Waals surface area contributed by atoms with E-state index in [0.717, 1.165) is 29.6 Å². The lowest BCUT2D eigenvalue weighted by Crippen LogP contribution is -2.12. The Labute approximate surface area is 88.8 Å². The first-order chi connectivity index (χ1) is 6.98. The van der Waals surface area contributed by atoms with Crippen molar-refractivity contribution < 1.29 is 18.3 Å². The van der Waals surface area contributed by atoms with Gasteiger partial charge in [0.15, 0.2) is 5.69 Å². The molecule has 2 atom stereocenters. The maximum Gasteiger partial charge on any atom is 0.434 e. The van der Waals surface area contributed by atoms with Crippen LogP contribution in [0.25, 0.3) is 0 Å². The van der Waals surface area contributed by atoms with E-state index in [1.165, 1.54) is 0 Å². The van der Waals surface area contributed by atoms with Gasteiger partial charge in [-0.05, 0) is 12.8 Å². The number of rotatable bonds is 1. The molecule has 2 unspecified atom stereocenters. The molecule has 1 N–H and O–H groups in total. The van der Waals surface area contributed by atoms with Crippen LogP contribution in [0.2, 0.25) is 0 Å². The summed E-state index contributed by atoms with van der Waals surface area (Å²) in [7, 11) is 0. The quantitative estimate of drug-likeness (QED) is 0.814. The molecule has 1 saturated carbocycles. The highest BCUT2D eigenvalue weighted by atomic mass is 32.1. The van der Waals surface area contributed by atoms with E-state index < -0.39 is 18.0 Å². The number of halogens is 3. The Kier molecular flexibility index (Phi) is 2.72. The Balaban J connectivity index is 2.20. The molecule has 15 heavy (non-hydrogen) atoms. The van der Waals surface area contributed by atoms with E-state index in [-0.39, 0.29) is 5.92 Å². The van der Waals surface area contributed by atoms with Crippen LogP contribution in [0.4, 0.5) is 13.2 Å². The average molecular weight is 237 g/mol. The smallest absolute Gasteiger partial charge is 0.392 e. The van der Waals surface area contributed by atoms with Gasteiger partial charge in [-0.1, -0.05) is 6.42 Å². The van der Waals surface area contributed by atoms with Crippen LogP contribution >= 0.6 is 11.3 Å². The number of nitrogens with zero attached hydrogens (tertiary/aromatic N) is 1. The third kappa shape index (κ3) is 2.15. The van der Waals surface area contributed by atoms with E-state index in [2.05, 4.69) is 4.98 Å². The van der Waals surface area contributed by atoms with Crippen LogP contribution in [0, 0.1) is 0 Å². The van der Waals surface area contributed by atoms with E-state index in [1.54, 1.807) is 0 Å². The van der Waals surface area contributed by atoms with Gasteiger partial charge in [0.2, 0.25) is 0 Å². The second-order valence-corrected chi connectivity index (χ2v) is 4.56. The monoisotopic (exact) mass is 237 g/mol. The van der Waals surface area contributed by atoms with Crippen molar-refractivity contribution in [2.75, 3.05) is 0 Å². The van der Waals surface area contributed by atoms with Crippen LogP contribution in [0.5, 0.6) is 0 Å². The molecule has 1 aliphatic carbocycles. The molecule has 2 nitrogen and oxygen atoms in total. The maximum absolute atomic E-state index is 12.3. The van der Waals surface area contributed by atoms with E-state index in [4.69, 9.17) is 0 Å². The third-order valence-electron chi connectivity index (χ3n) is 2.61. The van der Waals surface area contributed by atoms with Gasteiger partial charge in [0.25, 0.3) is 0 Å². The first-order valence-corrected chi connectivity index (χ1v) is 5.57. The summed E-state index contributed by atoms with van der Waals surface area (Å²) in [4.78, 5) is 3.55. The van der Waals surface area contributed by atoms with E-state index in [9.17, 15) is 18.3 Å². The van der Waals surface area contributed by atoms with E-state index >= 15 is 0 Å². The fourth-order valence-corrected chi connectivity index (χ4v) is 2.84. The summed E-state index contributed by atoms with van der Waals surface area (Å²) in [5.41, 5.74) is -0.846. The largest absolute Gasteiger partial charge is 0.434 e. The second kappa shape index (κ2) is 3.75. The highest BCUT2D eigenvalue weighted by Gasteiger charge is 2.36. The fourth-order valence-electron chi connectivity index (χ4n) is 1.82.